The standard InChI is InChI=1S/C16H23NO2S/c1-2-3-10-18-14-8-6-13(7-9-14)16(20)17-12-15-5-4-11-19-15/h6-9,15H,2-5,10-12H2,1H3,(H,17,20)/t15-/m1/s1. The highest BCUT2D eigenvalue weighted by molar-refractivity contribution is 7.80. The summed E-state index contributed by atoms with van der Waals surface area (Å²) in [7, 11) is 0. The normalized spacial score (nSPS) is 17.9. The van der Waals surface area contributed by atoms with Gasteiger partial charge in [0.1, 0.15) is 10.7 Å². The number of unbranched alkanes of at least 4 members (excludes halogenated alkanes) is 1. The molecule has 0 saturated carbocycles. The monoisotopic (exact) mass is 293 g/mol. The minimum atomic E-state index is 0.310. The molecule has 3 nitrogen and oxygen atoms in total. The molecule has 0 unspecified atom stereocenters. The Morgan fingerprint density at radius 1 is 1.40 bits per heavy atom. The van der Waals surface area contributed by atoms with Crippen molar-refractivity contribution in [2.75, 3.05) is 19.8 Å². The van der Waals surface area contributed by atoms with Gasteiger partial charge in [0.15, 0.2) is 0 Å². The SMILES string of the molecule is CCCCOc1ccc(C(=S)NC[C@H]2CCCO2)cc1. The Bertz CT molecular complexity index is 413. The van der Waals surface area contributed by atoms with E-state index in [1.807, 2.05) is 24.3 Å². The lowest BCUT2D eigenvalue weighted by atomic mass is 10.2. The fourth-order valence-electron chi connectivity index (χ4n) is 2.15. The topological polar surface area (TPSA) is 30.5 Å². The van der Waals surface area contributed by atoms with Crippen molar-refractivity contribution < 1.29 is 9.47 Å². The maximum Gasteiger partial charge on any atom is 0.119 e. The van der Waals surface area contributed by atoms with E-state index >= 15 is 0 Å². The molecule has 110 valence electrons. The molecule has 0 radical (unpaired) electrons. The van der Waals surface area contributed by atoms with Crippen molar-refractivity contribution in [1.29, 1.82) is 0 Å². The molecule has 1 fully saturated rings. The van der Waals surface area contributed by atoms with Gasteiger partial charge < -0.3 is 14.8 Å². The van der Waals surface area contributed by atoms with Gasteiger partial charge in [-0.3, -0.25) is 0 Å². The Kier molecular flexibility index (Phi) is 6.27. The van der Waals surface area contributed by atoms with E-state index in [-0.39, 0.29) is 0 Å². The third-order valence-electron chi connectivity index (χ3n) is 3.40. The summed E-state index contributed by atoms with van der Waals surface area (Å²) in [5, 5.41) is 3.28. The molecule has 20 heavy (non-hydrogen) atoms. The third-order valence-corrected chi connectivity index (χ3v) is 3.78. The lowest BCUT2D eigenvalue weighted by Gasteiger charge is -2.13. The zero-order valence-corrected chi connectivity index (χ0v) is 12.9. The zero-order valence-electron chi connectivity index (χ0n) is 12.1. The van der Waals surface area contributed by atoms with Crippen LogP contribution in [0, 0.1) is 0 Å². The Morgan fingerprint density at radius 3 is 2.85 bits per heavy atom. The fourth-order valence-corrected chi connectivity index (χ4v) is 2.37. The van der Waals surface area contributed by atoms with E-state index in [4.69, 9.17) is 21.7 Å². The molecule has 2 rings (SSSR count). The first kappa shape index (κ1) is 15.3. The minimum Gasteiger partial charge on any atom is -0.494 e. The number of nitrogens with one attached hydrogen (secondary N) is 1. The molecule has 0 aromatic heterocycles. The number of hydrogen-bond acceptors (Lipinski definition) is 3. The molecule has 1 aromatic carbocycles. The van der Waals surface area contributed by atoms with E-state index < -0.39 is 0 Å². The molecule has 0 amide bonds. The summed E-state index contributed by atoms with van der Waals surface area (Å²) in [5.41, 5.74) is 1.03. The van der Waals surface area contributed by atoms with Crippen molar-refractivity contribution in [2.24, 2.45) is 0 Å². The van der Waals surface area contributed by atoms with E-state index in [9.17, 15) is 0 Å². The molecule has 1 atom stereocenters. The summed E-state index contributed by atoms with van der Waals surface area (Å²) in [6, 6.07) is 7.97. The highest BCUT2D eigenvalue weighted by Gasteiger charge is 2.15. The molecular weight excluding hydrogens is 270 g/mol. The zero-order chi connectivity index (χ0) is 14.2. The lowest BCUT2D eigenvalue weighted by Crippen LogP contribution is -2.31. The van der Waals surface area contributed by atoms with Crippen molar-refractivity contribution in [3.05, 3.63) is 29.8 Å². The number of benzene rings is 1. The van der Waals surface area contributed by atoms with Crippen molar-refractivity contribution >= 4 is 17.2 Å². The summed E-state index contributed by atoms with van der Waals surface area (Å²) in [5.74, 6) is 0.907. The Labute approximate surface area is 126 Å². The third kappa shape index (κ3) is 4.76. The van der Waals surface area contributed by atoms with Gasteiger partial charge in [-0.2, -0.15) is 0 Å². The van der Waals surface area contributed by atoms with Crippen LogP contribution in [0.4, 0.5) is 0 Å². The Balaban J connectivity index is 1.77. The van der Waals surface area contributed by atoms with Gasteiger partial charge in [-0.05, 0) is 43.5 Å². The van der Waals surface area contributed by atoms with Crippen LogP contribution >= 0.6 is 12.2 Å². The van der Waals surface area contributed by atoms with Crippen LogP contribution in [0.1, 0.15) is 38.2 Å². The number of thiocarbonyl (C=S) groups is 1. The first-order valence-corrected chi connectivity index (χ1v) is 7.83. The maximum atomic E-state index is 5.64. The van der Waals surface area contributed by atoms with Gasteiger partial charge in [0.2, 0.25) is 0 Å². The number of hydrogen-bond donors (Lipinski definition) is 1. The van der Waals surface area contributed by atoms with Crippen LogP contribution in [0.5, 0.6) is 5.75 Å². The largest absolute Gasteiger partial charge is 0.494 e. The van der Waals surface area contributed by atoms with Crippen molar-refractivity contribution in [1.82, 2.24) is 5.32 Å². The van der Waals surface area contributed by atoms with Gasteiger partial charge >= 0.3 is 0 Å². The Hall–Kier alpha value is -1.13. The Morgan fingerprint density at radius 2 is 2.20 bits per heavy atom. The first-order chi connectivity index (χ1) is 9.79. The highest BCUT2D eigenvalue weighted by atomic mass is 32.1. The summed E-state index contributed by atoms with van der Waals surface area (Å²) in [4.78, 5) is 0.778. The second kappa shape index (κ2) is 8.22. The molecule has 1 aliphatic heterocycles. The van der Waals surface area contributed by atoms with E-state index in [0.717, 1.165) is 61.7 Å². The molecule has 4 heteroatoms. The van der Waals surface area contributed by atoms with Crippen LogP contribution in [0.3, 0.4) is 0 Å². The summed E-state index contributed by atoms with van der Waals surface area (Å²) in [6.07, 6.45) is 4.82. The predicted molar refractivity (Wildman–Crippen MR) is 85.5 cm³/mol. The van der Waals surface area contributed by atoms with Crippen LogP contribution in [0.25, 0.3) is 0 Å². The molecule has 0 aliphatic carbocycles. The lowest BCUT2D eigenvalue weighted by molar-refractivity contribution is 0.114. The van der Waals surface area contributed by atoms with Crippen LogP contribution in [0.2, 0.25) is 0 Å². The maximum absolute atomic E-state index is 5.64. The molecule has 1 heterocycles. The van der Waals surface area contributed by atoms with Crippen LogP contribution < -0.4 is 10.1 Å². The smallest absolute Gasteiger partial charge is 0.119 e. The van der Waals surface area contributed by atoms with Gasteiger partial charge in [0.25, 0.3) is 0 Å². The van der Waals surface area contributed by atoms with Crippen molar-refractivity contribution in [3.8, 4) is 5.75 Å². The van der Waals surface area contributed by atoms with Gasteiger partial charge in [0, 0.05) is 18.7 Å². The number of ether oxygens (including phenoxy) is 2. The van der Waals surface area contributed by atoms with Gasteiger partial charge in [-0.15, -0.1) is 0 Å². The summed E-state index contributed by atoms with van der Waals surface area (Å²) < 4.78 is 11.2. The predicted octanol–water partition coefficient (Wildman–Crippen LogP) is 3.31. The van der Waals surface area contributed by atoms with Crippen molar-refractivity contribution in [2.45, 2.75) is 38.7 Å². The average Bonchev–Trinajstić information content (AvgIpc) is 2.99. The molecule has 1 N–H and O–H groups in total. The molecular formula is C16H23NO2S. The van der Waals surface area contributed by atoms with Gasteiger partial charge in [-0.25, -0.2) is 0 Å². The van der Waals surface area contributed by atoms with Gasteiger partial charge in [-0.1, -0.05) is 25.6 Å². The molecule has 0 bridgehead atoms. The van der Waals surface area contributed by atoms with E-state index in [1.54, 1.807) is 0 Å². The van der Waals surface area contributed by atoms with E-state index in [1.165, 1.54) is 0 Å². The van der Waals surface area contributed by atoms with E-state index in [0.29, 0.717) is 6.10 Å². The average molecular weight is 293 g/mol. The minimum absolute atomic E-state index is 0.310. The molecule has 1 aliphatic rings. The molecule has 1 aromatic rings. The second-order valence-electron chi connectivity index (χ2n) is 5.07. The van der Waals surface area contributed by atoms with Crippen LogP contribution in [0.15, 0.2) is 24.3 Å². The van der Waals surface area contributed by atoms with Crippen LogP contribution in [-0.2, 0) is 4.74 Å². The highest BCUT2D eigenvalue weighted by Crippen LogP contribution is 2.14. The molecule has 0 spiro atoms. The quantitative estimate of drug-likeness (QED) is 0.617. The second-order valence-corrected chi connectivity index (χ2v) is 5.48. The molecule has 1 saturated heterocycles. The van der Waals surface area contributed by atoms with Gasteiger partial charge in [0.05, 0.1) is 12.7 Å². The summed E-state index contributed by atoms with van der Waals surface area (Å²) in [6.45, 7) is 4.61. The van der Waals surface area contributed by atoms with Crippen LogP contribution in [-0.4, -0.2) is 30.9 Å². The number of rotatable bonds is 7. The summed E-state index contributed by atoms with van der Waals surface area (Å²) >= 11 is 5.40. The van der Waals surface area contributed by atoms with E-state index in [2.05, 4.69) is 12.2 Å². The first-order valence-electron chi connectivity index (χ1n) is 7.42. The van der Waals surface area contributed by atoms with Crippen molar-refractivity contribution in [3.63, 3.8) is 0 Å². The fraction of sp³-hybridized carbons (Fsp3) is 0.562.